The summed E-state index contributed by atoms with van der Waals surface area (Å²) >= 11 is 5.00. The van der Waals surface area contributed by atoms with Gasteiger partial charge in [-0.05, 0) is 64.5 Å². The maximum absolute atomic E-state index is 13.8. The lowest BCUT2D eigenvalue weighted by Gasteiger charge is -2.18. The van der Waals surface area contributed by atoms with Gasteiger partial charge in [-0.1, -0.05) is 13.0 Å². The van der Waals surface area contributed by atoms with Crippen molar-refractivity contribution >= 4 is 27.3 Å². The van der Waals surface area contributed by atoms with Crippen LogP contribution in [0.1, 0.15) is 30.5 Å². The average Bonchev–Trinajstić information content (AvgIpc) is 2.84. The number of hydrogen-bond donors (Lipinski definition) is 1. The molecule has 0 aliphatic rings. The Hall–Kier alpha value is -0.780. The molecular weight excluding hydrogens is 344 g/mol. The first-order valence-corrected chi connectivity index (χ1v) is 8.19. The molecule has 1 heterocycles. The summed E-state index contributed by atoms with van der Waals surface area (Å²) in [7, 11) is 0. The van der Waals surface area contributed by atoms with Crippen LogP contribution in [0.4, 0.5) is 8.78 Å². The molecule has 0 amide bonds. The minimum atomic E-state index is -0.484. The molecule has 0 saturated carbocycles. The molecule has 1 N–H and O–H groups in total. The van der Waals surface area contributed by atoms with Crippen molar-refractivity contribution in [1.82, 2.24) is 5.32 Å². The summed E-state index contributed by atoms with van der Waals surface area (Å²) in [6, 6.07) is 5.92. The van der Waals surface area contributed by atoms with E-state index in [0.717, 1.165) is 22.3 Å². The van der Waals surface area contributed by atoms with E-state index in [9.17, 15) is 8.78 Å². The number of thiophene rings is 1. The highest BCUT2D eigenvalue weighted by Crippen LogP contribution is 2.28. The van der Waals surface area contributed by atoms with Gasteiger partial charge in [-0.2, -0.15) is 0 Å². The highest BCUT2D eigenvalue weighted by atomic mass is 79.9. The second-order valence-electron chi connectivity index (χ2n) is 4.60. The zero-order valence-corrected chi connectivity index (χ0v) is 13.5. The van der Waals surface area contributed by atoms with E-state index in [1.165, 1.54) is 18.2 Å². The largest absolute Gasteiger partial charge is 0.310 e. The van der Waals surface area contributed by atoms with E-state index in [4.69, 9.17) is 0 Å². The van der Waals surface area contributed by atoms with Crippen LogP contribution in [0.25, 0.3) is 0 Å². The van der Waals surface area contributed by atoms with Crippen LogP contribution in [0.15, 0.2) is 33.4 Å². The molecule has 108 valence electrons. The number of hydrogen-bond acceptors (Lipinski definition) is 2. The fourth-order valence-corrected chi connectivity index (χ4v) is 3.29. The van der Waals surface area contributed by atoms with Gasteiger partial charge >= 0.3 is 0 Å². The summed E-state index contributed by atoms with van der Waals surface area (Å²) in [4.78, 5) is 0. The third-order valence-electron chi connectivity index (χ3n) is 3.10. The first-order chi connectivity index (χ1) is 9.61. The van der Waals surface area contributed by atoms with Crippen LogP contribution in [0.5, 0.6) is 0 Å². The lowest BCUT2D eigenvalue weighted by atomic mass is 10.00. The Morgan fingerprint density at radius 1 is 1.30 bits per heavy atom. The van der Waals surface area contributed by atoms with E-state index in [2.05, 4.69) is 28.2 Å². The van der Waals surface area contributed by atoms with Gasteiger partial charge in [0.2, 0.25) is 0 Å². The quantitative estimate of drug-likeness (QED) is 0.758. The van der Waals surface area contributed by atoms with Crippen LogP contribution in [0.2, 0.25) is 0 Å². The van der Waals surface area contributed by atoms with Crippen LogP contribution in [-0.2, 0) is 6.42 Å². The summed E-state index contributed by atoms with van der Waals surface area (Å²) < 4.78 is 28.6. The molecule has 1 unspecified atom stereocenters. The fraction of sp³-hybridized carbons (Fsp3) is 0.333. The zero-order valence-electron chi connectivity index (χ0n) is 11.1. The van der Waals surface area contributed by atoms with Crippen LogP contribution >= 0.6 is 27.3 Å². The van der Waals surface area contributed by atoms with Crippen LogP contribution < -0.4 is 5.32 Å². The van der Waals surface area contributed by atoms with Crippen LogP contribution in [0.3, 0.4) is 0 Å². The lowest BCUT2D eigenvalue weighted by Crippen LogP contribution is -2.24. The molecule has 1 aromatic carbocycles. The number of nitrogens with one attached hydrogen (secondary N) is 1. The van der Waals surface area contributed by atoms with Gasteiger partial charge in [-0.25, -0.2) is 8.78 Å². The monoisotopic (exact) mass is 359 g/mol. The molecule has 0 radical (unpaired) electrons. The highest BCUT2D eigenvalue weighted by Gasteiger charge is 2.18. The van der Waals surface area contributed by atoms with Crippen molar-refractivity contribution in [3.8, 4) is 0 Å². The van der Waals surface area contributed by atoms with Crippen molar-refractivity contribution in [3.63, 3.8) is 0 Å². The summed E-state index contributed by atoms with van der Waals surface area (Å²) in [5, 5.41) is 5.36. The standard InChI is InChI=1S/C15H16BrF2NS/c1-2-6-19-14(10-7-15(16)20-9-10)8-11-12(17)4-3-5-13(11)18/h3-5,7,9,14,19H,2,6,8H2,1H3. The fourth-order valence-electron chi connectivity index (χ4n) is 2.06. The Bertz CT molecular complexity index is 551. The van der Waals surface area contributed by atoms with Gasteiger partial charge in [0.1, 0.15) is 11.6 Å². The molecule has 2 rings (SSSR count). The summed E-state index contributed by atoms with van der Waals surface area (Å²) in [6.07, 6.45) is 1.28. The third kappa shape index (κ3) is 3.87. The highest BCUT2D eigenvalue weighted by molar-refractivity contribution is 9.11. The van der Waals surface area contributed by atoms with Crippen molar-refractivity contribution in [1.29, 1.82) is 0 Å². The third-order valence-corrected chi connectivity index (χ3v) is 4.62. The summed E-state index contributed by atoms with van der Waals surface area (Å²) in [6.45, 7) is 2.88. The Kier molecular flexibility index (Phi) is 5.69. The number of halogens is 3. The number of benzene rings is 1. The molecule has 20 heavy (non-hydrogen) atoms. The Balaban J connectivity index is 2.23. The molecule has 1 aromatic heterocycles. The molecule has 0 aliphatic heterocycles. The topological polar surface area (TPSA) is 12.0 Å². The van der Waals surface area contributed by atoms with Gasteiger partial charge in [0.15, 0.2) is 0 Å². The van der Waals surface area contributed by atoms with Crippen molar-refractivity contribution in [2.75, 3.05) is 6.54 Å². The van der Waals surface area contributed by atoms with Crippen molar-refractivity contribution in [2.45, 2.75) is 25.8 Å². The van der Waals surface area contributed by atoms with E-state index in [1.54, 1.807) is 11.3 Å². The summed E-state index contributed by atoms with van der Waals surface area (Å²) in [5.41, 5.74) is 1.20. The molecule has 1 nitrogen and oxygen atoms in total. The second-order valence-corrected chi connectivity index (χ2v) is 6.89. The first-order valence-electron chi connectivity index (χ1n) is 6.52. The lowest BCUT2D eigenvalue weighted by molar-refractivity contribution is 0.491. The van der Waals surface area contributed by atoms with Crippen molar-refractivity contribution in [3.05, 3.63) is 56.2 Å². The minimum absolute atomic E-state index is 0.0797. The molecule has 0 bridgehead atoms. The molecule has 5 heteroatoms. The Labute approximate surface area is 130 Å². The second kappa shape index (κ2) is 7.29. The van der Waals surface area contributed by atoms with Crippen molar-refractivity contribution in [2.24, 2.45) is 0 Å². The Morgan fingerprint density at radius 3 is 2.55 bits per heavy atom. The van der Waals surface area contributed by atoms with E-state index in [1.807, 2.05) is 11.4 Å². The summed E-state index contributed by atoms with van der Waals surface area (Å²) in [5.74, 6) is -0.967. The normalized spacial score (nSPS) is 12.6. The predicted octanol–water partition coefficient (Wildman–Crippen LogP) is 5.07. The zero-order chi connectivity index (χ0) is 14.5. The molecule has 1 atom stereocenters. The van der Waals surface area contributed by atoms with Crippen LogP contribution in [0, 0.1) is 11.6 Å². The van der Waals surface area contributed by atoms with Gasteiger partial charge in [-0.15, -0.1) is 11.3 Å². The SMILES string of the molecule is CCCNC(Cc1c(F)cccc1F)c1csc(Br)c1. The van der Waals surface area contributed by atoms with Gasteiger partial charge in [0, 0.05) is 11.6 Å². The molecule has 0 fully saturated rings. The molecular formula is C15H16BrF2NS. The Morgan fingerprint density at radius 2 is 2.00 bits per heavy atom. The maximum Gasteiger partial charge on any atom is 0.129 e. The van der Waals surface area contributed by atoms with Gasteiger partial charge in [-0.3, -0.25) is 0 Å². The van der Waals surface area contributed by atoms with Crippen LogP contribution in [-0.4, -0.2) is 6.54 Å². The van der Waals surface area contributed by atoms with E-state index in [-0.39, 0.29) is 11.6 Å². The molecule has 0 aliphatic carbocycles. The first kappa shape index (κ1) is 15.6. The number of rotatable bonds is 6. The predicted molar refractivity (Wildman–Crippen MR) is 83.1 cm³/mol. The molecule has 2 aromatic rings. The average molecular weight is 360 g/mol. The van der Waals surface area contributed by atoms with Crippen molar-refractivity contribution < 1.29 is 8.78 Å². The van der Waals surface area contributed by atoms with Gasteiger partial charge in [0.25, 0.3) is 0 Å². The smallest absolute Gasteiger partial charge is 0.129 e. The van der Waals surface area contributed by atoms with E-state index in [0.29, 0.717) is 6.42 Å². The molecule has 0 saturated heterocycles. The van der Waals surface area contributed by atoms with E-state index < -0.39 is 11.6 Å². The maximum atomic E-state index is 13.8. The van der Waals surface area contributed by atoms with Gasteiger partial charge < -0.3 is 5.32 Å². The van der Waals surface area contributed by atoms with E-state index >= 15 is 0 Å². The minimum Gasteiger partial charge on any atom is -0.310 e. The molecule has 0 spiro atoms. The van der Waals surface area contributed by atoms with Gasteiger partial charge in [0.05, 0.1) is 3.79 Å².